The molecule has 0 unspecified atom stereocenters. The van der Waals surface area contributed by atoms with E-state index in [1.807, 2.05) is 12.3 Å². The predicted molar refractivity (Wildman–Crippen MR) is 80.4 cm³/mol. The Kier molecular flexibility index (Phi) is 3.57. The molecule has 0 radical (unpaired) electrons. The van der Waals surface area contributed by atoms with Crippen LogP contribution in [0.25, 0.3) is 11.5 Å². The van der Waals surface area contributed by atoms with Crippen LogP contribution in [0.4, 0.5) is 5.69 Å². The Morgan fingerprint density at radius 1 is 1.33 bits per heavy atom. The van der Waals surface area contributed by atoms with Crippen molar-refractivity contribution in [1.82, 2.24) is 15.1 Å². The molecule has 0 atom stereocenters. The number of rotatable bonds is 4. The molecule has 1 aromatic carbocycles. The standard InChI is InChI=1S/C14H14N4O2S/c1-8-7-21-13(16-8)6-12-17-14(20-18-12)10-4-3-9(19-2)5-11(10)15/h3-5,7H,6,15H2,1-2H3. The minimum Gasteiger partial charge on any atom is -0.497 e. The van der Waals surface area contributed by atoms with Gasteiger partial charge in [-0.1, -0.05) is 5.16 Å². The number of anilines is 1. The maximum Gasteiger partial charge on any atom is 0.260 e. The summed E-state index contributed by atoms with van der Waals surface area (Å²) in [4.78, 5) is 8.75. The van der Waals surface area contributed by atoms with Gasteiger partial charge in [0.2, 0.25) is 0 Å². The van der Waals surface area contributed by atoms with Crippen molar-refractivity contribution in [3.05, 3.63) is 40.1 Å². The third-order valence-electron chi connectivity index (χ3n) is 2.93. The molecule has 6 nitrogen and oxygen atoms in total. The first-order chi connectivity index (χ1) is 10.2. The summed E-state index contributed by atoms with van der Waals surface area (Å²) in [6.07, 6.45) is 0.554. The Hall–Kier alpha value is -2.41. The summed E-state index contributed by atoms with van der Waals surface area (Å²) in [5.41, 5.74) is 8.21. The smallest absolute Gasteiger partial charge is 0.260 e. The normalized spacial score (nSPS) is 10.8. The van der Waals surface area contributed by atoms with Gasteiger partial charge in [-0.3, -0.25) is 0 Å². The van der Waals surface area contributed by atoms with Crippen molar-refractivity contribution in [2.45, 2.75) is 13.3 Å². The van der Waals surface area contributed by atoms with Gasteiger partial charge in [0.05, 0.1) is 19.1 Å². The van der Waals surface area contributed by atoms with Gasteiger partial charge in [0.15, 0.2) is 5.82 Å². The first-order valence-electron chi connectivity index (χ1n) is 6.33. The van der Waals surface area contributed by atoms with E-state index in [-0.39, 0.29) is 0 Å². The van der Waals surface area contributed by atoms with Crippen molar-refractivity contribution in [2.75, 3.05) is 12.8 Å². The Bertz CT molecular complexity index is 766. The average molecular weight is 302 g/mol. The minimum absolute atomic E-state index is 0.401. The van der Waals surface area contributed by atoms with Gasteiger partial charge in [-0.05, 0) is 19.1 Å². The van der Waals surface area contributed by atoms with E-state index >= 15 is 0 Å². The van der Waals surface area contributed by atoms with Gasteiger partial charge in [-0.25, -0.2) is 4.98 Å². The SMILES string of the molecule is COc1ccc(-c2nc(Cc3nc(C)cs3)no2)c(N)c1. The molecule has 0 amide bonds. The van der Waals surface area contributed by atoms with Crippen LogP contribution < -0.4 is 10.5 Å². The number of nitrogens with two attached hydrogens (primary N) is 1. The molecule has 2 heterocycles. The number of thiazole rings is 1. The van der Waals surface area contributed by atoms with Gasteiger partial charge in [0, 0.05) is 22.8 Å². The molecule has 0 saturated carbocycles. The Morgan fingerprint density at radius 3 is 2.86 bits per heavy atom. The summed E-state index contributed by atoms with van der Waals surface area (Å²) in [5, 5.41) is 6.93. The zero-order chi connectivity index (χ0) is 14.8. The van der Waals surface area contributed by atoms with Crippen LogP contribution in [0.15, 0.2) is 28.1 Å². The van der Waals surface area contributed by atoms with Crippen LogP contribution in [0.1, 0.15) is 16.5 Å². The lowest BCUT2D eigenvalue weighted by atomic mass is 10.1. The first kappa shape index (κ1) is 13.6. The van der Waals surface area contributed by atoms with Gasteiger partial charge in [0.1, 0.15) is 10.8 Å². The highest BCUT2D eigenvalue weighted by Gasteiger charge is 2.13. The highest BCUT2D eigenvalue weighted by Crippen LogP contribution is 2.28. The fourth-order valence-corrected chi connectivity index (χ4v) is 2.69. The minimum atomic E-state index is 0.401. The van der Waals surface area contributed by atoms with Gasteiger partial charge < -0.3 is 15.0 Å². The molecule has 0 aliphatic carbocycles. The molecule has 0 spiro atoms. The van der Waals surface area contributed by atoms with Crippen LogP contribution >= 0.6 is 11.3 Å². The third kappa shape index (κ3) is 2.87. The number of aryl methyl sites for hydroxylation is 1. The number of ether oxygens (including phenoxy) is 1. The largest absolute Gasteiger partial charge is 0.497 e. The number of methoxy groups -OCH3 is 1. The molecule has 0 fully saturated rings. The van der Waals surface area contributed by atoms with Crippen LogP contribution in [0.3, 0.4) is 0 Å². The van der Waals surface area contributed by atoms with E-state index in [1.54, 1.807) is 36.6 Å². The van der Waals surface area contributed by atoms with E-state index in [9.17, 15) is 0 Å². The molecule has 3 aromatic rings. The van der Waals surface area contributed by atoms with Crippen LogP contribution in [0, 0.1) is 6.92 Å². The van der Waals surface area contributed by atoms with Crippen molar-refractivity contribution in [1.29, 1.82) is 0 Å². The van der Waals surface area contributed by atoms with Crippen LogP contribution in [-0.2, 0) is 6.42 Å². The predicted octanol–water partition coefficient (Wildman–Crippen LogP) is 2.68. The summed E-state index contributed by atoms with van der Waals surface area (Å²) >= 11 is 1.58. The fraction of sp³-hybridized carbons (Fsp3) is 0.214. The number of nitrogen functional groups attached to an aromatic ring is 1. The molecule has 21 heavy (non-hydrogen) atoms. The molecule has 0 aliphatic heterocycles. The zero-order valence-corrected chi connectivity index (χ0v) is 12.5. The van der Waals surface area contributed by atoms with Crippen LogP contribution in [0.2, 0.25) is 0 Å². The second-order valence-corrected chi connectivity index (χ2v) is 5.47. The topological polar surface area (TPSA) is 87.1 Å². The first-order valence-corrected chi connectivity index (χ1v) is 7.21. The second-order valence-electron chi connectivity index (χ2n) is 4.53. The number of benzene rings is 1. The number of hydrogen-bond acceptors (Lipinski definition) is 7. The maximum atomic E-state index is 5.98. The lowest BCUT2D eigenvalue weighted by molar-refractivity contribution is 0.414. The van der Waals surface area contributed by atoms with Crippen molar-refractivity contribution >= 4 is 17.0 Å². The summed E-state index contributed by atoms with van der Waals surface area (Å²) in [6, 6.07) is 5.34. The molecule has 2 aromatic heterocycles. The Labute approximate surface area is 125 Å². The van der Waals surface area contributed by atoms with Crippen molar-refractivity contribution in [3.63, 3.8) is 0 Å². The van der Waals surface area contributed by atoms with Crippen LogP contribution in [0.5, 0.6) is 5.75 Å². The third-order valence-corrected chi connectivity index (χ3v) is 3.90. The summed E-state index contributed by atoms with van der Waals surface area (Å²) in [6.45, 7) is 1.96. The molecule has 0 aliphatic rings. The maximum absolute atomic E-state index is 5.98. The lowest BCUT2D eigenvalue weighted by Crippen LogP contribution is -1.93. The molecular formula is C14H14N4O2S. The zero-order valence-electron chi connectivity index (χ0n) is 11.7. The molecule has 0 saturated heterocycles. The van der Waals surface area contributed by atoms with E-state index in [1.165, 1.54) is 0 Å². The van der Waals surface area contributed by atoms with Gasteiger partial charge in [0.25, 0.3) is 5.89 Å². The summed E-state index contributed by atoms with van der Waals surface area (Å²) in [5.74, 6) is 1.68. The molecular weight excluding hydrogens is 288 g/mol. The molecule has 2 N–H and O–H groups in total. The monoisotopic (exact) mass is 302 g/mol. The summed E-state index contributed by atoms with van der Waals surface area (Å²) in [7, 11) is 1.59. The van der Waals surface area contributed by atoms with Gasteiger partial charge >= 0.3 is 0 Å². The Morgan fingerprint density at radius 2 is 2.19 bits per heavy atom. The van der Waals surface area contributed by atoms with Gasteiger partial charge in [-0.15, -0.1) is 11.3 Å². The quantitative estimate of drug-likeness (QED) is 0.746. The molecule has 3 rings (SSSR count). The number of nitrogens with zero attached hydrogens (tertiary/aromatic N) is 3. The average Bonchev–Trinajstić information content (AvgIpc) is 3.08. The summed E-state index contributed by atoms with van der Waals surface area (Å²) < 4.78 is 10.4. The molecule has 7 heteroatoms. The molecule has 108 valence electrons. The van der Waals surface area contributed by atoms with E-state index in [0.717, 1.165) is 10.7 Å². The van der Waals surface area contributed by atoms with Crippen molar-refractivity contribution < 1.29 is 9.26 Å². The number of aromatic nitrogens is 3. The van der Waals surface area contributed by atoms with Crippen molar-refractivity contribution in [3.8, 4) is 17.2 Å². The van der Waals surface area contributed by atoms with Crippen molar-refractivity contribution in [2.24, 2.45) is 0 Å². The highest BCUT2D eigenvalue weighted by atomic mass is 32.1. The van der Waals surface area contributed by atoms with Gasteiger partial charge in [-0.2, -0.15) is 4.98 Å². The Balaban J connectivity index is 1.84. The molecule has 0 bridgehead atoms. The van der Waals surface area contributed by atoms with E-state index in [0.29, 0.717) is 35.1 Å². The fourth-order valence-electron chi connectivity index (χ4n) is 1.92. The lowest BCUT2D eigenvalue weighted by Gasteiger charge is -2.03. The number of hydrogen-bond donors (Lipinski definition) is 1. The van der Waals surface area contributed by atoms with E-state index in [2.05, 4.69) is 15.1 Å². The highest BCUT2D eigenvalue weighted by molar-refractivity contribution is 7.09. The van der Waals surface area contributed by atoms with E-state index in [4.69, 9.17) is 15.0 Å². The van der Waals surface area contributed by atoms with E-state index < -0.39 is 0 Å². The second kappa shape index (κ2) is 5.53. The van der Waals surface area contributed by atoms with Crippen LogP contribution in [-0.4, -0.2) is 22.2 Å².